The molecular formula is C7H13NO4. The van der Waals surface area contributed by atoms with E-state index >= 15 is 0 Å². The first-order valence-corrected chi connectivity index (χ1v) is 3.52. The van der Waals surface area contributed by atoms with Gasteiger partial charge in [0.25, 0.3) is 0 Å². The molecule has 0 aromatic heterocycles. The predicted octanol–water partition coefficient (Wildman–Crippen LogP) is -0.101. The van der Waals surface area contributed by atoms with E-state index in [9.17, 15) is 9.59 Å². The van der Waals surface area contributed by atoms with Gasteiger partial charge >= 0.3 is 11.9 Å². The first-order chi connectivity index (χ1) is 5.28. The Kier molecular flexibility index (Phi) is 3.21. The Morgan fingerprint density at radius 3 is 2.17 bits per heavy atom. The molecule has 5 nitrogen and oxygen atoms in total. The number of carbonyl (C=O) groups is 2. The summed E-state index contributed by atoms with van der Waals surface area (Å²) in [4.78, 5) is 20.8. The third-order valence-corrected chi connectivity index (χ3v) is 1.97. The second kappa shape index (κ2) is 3.53. The Labute approximate surface area is 70.2 Å². The van der Waals surface area contributed by atoms with E-state index in [0.717, 1.165) is 0 Å². The van der Waals surface area contributed by atoms with Crippen molar-refractivity contribution in [1.82, 2.24) is 0 Å². The summed E-state index contributed by atoms with van der Waals surface area (Å²) < 4.78 is 0. The number of nitrogens with two attached hydrogens (primary N) is 1. The summed E-state index contributed by atoms with van der Waals surface area (Å²) in [5, 5.41) is 17.0. The fraction of sp³-hybridized carbons (Fsp3) is 0.714. The van der Waals surface area contributed by atoms with E-state index in [2.05, 4.69) is 0 Å². The third-order valence-electron chi connectivity index (χ3n) is 1.97. The van der Waals surface area contributed by atoms with Crippen molar-refractivity contribution in [3.8, 4) is 0 Å². The molecule has 5 heteroatoms. The first-order valence-electron chi connectivity index (χ1n) is 3.52. The minimum atomic E-state index is -1.47. The molecule has 0 saturated carbocycles. The van der Waals surface area contributed by atoms with Crippen molar-refractivity contribution in [2.24, 2.45) is 11.7 Å². The van der Waals surface area contributed by atoms with Gasteiger partial charge in [-0.15, -0.1) is 0 Å². The lowest BCUT2D eigenvalue weighted by Gasteiger charge is -2.25. The molecule has 0 spiro atoms. The van der Waals surface area contributed by atoms with Crippen molar-refractivity contribution in [3.05, 3.63) is 0 Å². The van der Waals surface area contributed by atoms with E-state index in [0.29, 0.717) is 0 Å². The highest BCUT2D eigenvalue weighted by Crippen LogP contribution is 2.17. The topological polar surface area (TPSA) is 101 Å². The van der Waals surface area contributed by atoms with Crippen molar-refractivity contribution >= 4 is 11.9 Å². The van der Waals surface area contributed by atoms with Gasteiger partial charge in [-0.3, -0.25) is 9.59 Å². The van der Waals surface area contributed by atoms with Crippen LogP contribution in [-0.4, -0.2) is 27.7 Å². The van der Waals surface area contributed by atoms with Crippen molar-refractivity contribution in [2.45, 2.75) is 25.8 Å². The molecule has 4 N–H and O–H groups in total. The molecule has 0 rings (SSSR count). The van der Waals surface area contributed by atoms with Crippen LogP contribution in [0.5, 0.6) is 0 Å². The van der Waals surface area contributed by atoms with Crippen molar-refractivity contribution in [2.75, 3.05) is 0 Å². The minimum Gasteiger partial charge on any atom is -0.481 e. The van der Waals surface area contributed by atoms with Gasteiger partial charge in [-0.25, -0.2) is 0 Å². The Hall–Kier alpha value is -1.10. The fourth-order valence-electron chi connectivity index (χ4n) is 0.685. The Bertz CT molecular complexity index is 200. The summed E-state index contributed by atoms with van der Waals surface area (Å²) >= 11 is 0. The van der Waals surface area contributed by atoms with Gasteiger partial charge in [-0.1, -0.05) is 6.92 Å². The van der Waals surface area contributed by atoms with E-state index in [1.165, 1.54) is 13.8 Å². The highest BCUT2D eigenvalue weighted by atomic mass is 16.4. The molecule has 0 radical (unpaired) electrons. The smallest absolute Gasteiger partial charge is 0.323 e. The van der Waals surface area contributed by atoms with Crippen LogP contribution in [0.1, 0.15) is 20.3 Å². The van der Waals surface area contributed by atoms with Crippen molar-refractivity contribution in [3.63, 3.8) is 0 Å². The molecule has 0 bridgehead atoms. The SMILES string of the molecule is CC(CC(=O)O)C(C)(N)C(=O)O. The number of carboxylic acids is 2. The predicted molar refractivity (Wildman–Crippen MR) is 41.6 cm³/mol. The molecule has 0 aromatic rings. The zero-order chi connectivity index (χ0) is 9.94. The lowest BCUT2D eigenvalue weighted by Crippen LogP contribution is -2.51. The quantitative estimate of drug-likeness (QED) is 0.553. The van der Waals surface area contributed by atoms with Gasteiger partial charge < -0.3 is 15.9 Å². The summed E-state index contributed by atoms with van der Waals surface area (Å²) in [6.07, 6.45) is -0.237. The third kappa shape index (κ3) is 2.50. The van der Waals surface area contributed by atoms with Gasteiger partial charge in [0.15, 0.2) is 0 Å². The number of hydrogen-bond acceptors (Lipinski definition) is 3. The maximum absolute atomic E-state index is 10.5. The molecule has 0 aromatic carbocycles. The van der Waals surface area contributed by atoms with Gasteiger partial charge in [-0.05, 0) is 12.8 Å². The van der Waals surface area contributed by atoms with Gasteiger partial charge in [-0.2, -0.15) is 0 Å². The minimum absolute atomic E-state index is 0.237. The Morgan fingerprint density at radius 1 is 1.50 bits per heavy atom. The van der Waals surface area contributed by atoms with Crippen LogP contribution in [0, 0.1) is 5.92 Å². The Morgan fingerprint density at radius 2 is 1.92 bits per heavy atom. The largest absolute Gasteiger partial charge is 0.481 e. The van der Waals surface area contributed by atoms with Crippen molar-refractivity contribution < 1.29 is 19.8 Å². The molecule has 0 amide bonds. The molecule has 12 heavy (non-hydrogen) atoms. The summed E-state index contributed by atoms with van der Waals surface area (Å²) in [6, 6.07) is 0. The van der Waals surface area contributed by atoms with Crippen LogP contribution in [0.15, 0.2) is 0 Å². The van der Waals surface area contributed by atoms with Gasteiger partial charge in [0.05, 0.1) is 6.42 Å². The lowest BCUT2D eigenvalue weighted by molar-refractivity contribution is -0.146. The lowest BCUT2D eigenvalue weighted by atomic mass is 9.86. The molecule has 0 aliphatic carbocycles. The van der Waals surface area contributed by atoms with E-state index in [1.54, 1.807) is 0 Å². The van der Waals surface area contributed by atoms with E-state index in [4.69, 9.17) is 15.9 Å². The molecule has 0 aliphatic rings. The standard InChI is InChI=1S/C7H13NO4/c1-4(3-5(9)10)7(2,8)6(11)12/h4H,3,8H2,1-2H3,(H,9,10)(H,11,12). The highest BCUT2D eigenvalue weighted by Gasteiger charge is 2.35. The first kappa shape index (κ1) is 10.9. The maximum atomic E-state index is 10.5. The highest BCUT2D eigenvalue weighted by molar-refractivity contribution is 5.79. The van der Waals surface area contributed by atoms with Gasteiger partial charge in [0.1, 0.15) is 5.54 Å². The average molecular weight is 175 g/mol. The normalized spacial score (nSPS) is 17.9. The summed E-state index contributed by atoms with van der Waals surface area (Å²) in [6.45, 7) is 2.81. The summed E-state index contributed by atoms with van der Waals surface area (Å²) in [5.41, 5.74) is 3.91. The van der Waals surface area contributed by atoms with Gasteiger partial charge in [0.2, 0.25) is 0 Å². The zero-order valence-corrected chi connectivity index (χ0v) is 7.07. The molecular weight excluding hydrogens is 162 g/mol. The maximum Gasteiger partial charge on any atom is 0.323 e. The summed E-state index contributed by atoms with van der Waals surface area (Å²) in [7, 11) is 0. The van der Waals surface area contributed by atoms with E-state index < -0.39 is 23.4 Å². The molecule has 0 saturated heterocycles. The van der Waals surface area contributed by atoms with Crippen LogP contribution in [0.25, 0.3) is 0 Å². The average Bonchev–Trinajstić information content (AvgIpc) is 1.85. The number of rotatable bonds is 4. The molecule has 0 aliphatic heterocycles. The van der Waals surface area contributed by atoms with Crippen LogP contribution in [0.2, 0.25) is 0 Å². The van der Waals surface area contributed by atoms with Crippen LogP contribution in [0.4, 0.5) is 0 Å². The van der Waals surface area contributed by atoms with Crippen LogP contribution in [-0.2, 0) is 9.59 Å². The van der Waals surface area contributed by atoms with E-state index in [1.807, 2.05) is 0 Å². The molecule has 2 unspecified atom stereocenters. The second-order valence-electron chi connectivity index (χ2n) is 3.09. The van der Waals surface area contributed by atoms with Gasteiger partial charge in [0, 0.05) is 0 Å². The molecule has 0 fully saturated rings. The van der Waals surface area contributed by atoms with Crippen LogP contribution in [0.3, 0.4) is 0 Å². The monoisotopic (exact) mass is 175 g/mol. The van der Waals surface area contributed by atoms with Crippen molar-refractivity contribution in [1.29, 1.82) is 0 Å². The fourth-order valence-corrected chi connectivity index (χ4v) is 0.685. The van der Waals surface area contributed by atoms with Crippen LogP contribution < -0.4 is 5.73 Å². The van der Waals surface area contributed by atoms with E-state index in [-0.39, 0.29) is 6.42 Å². The second-order valence-corrected chi connectivity index (χ2v) is 3.09. The number of aliphatic carboxylic acids is 2. The van der Waals surface area contributed by atoms with Crippen LogP contribution >= 0.6 is 0 Å². The number of hydrogen-bond donors (Lipinski definition) is 3. The molecule has 70 valence electrons. The molecule has 0 heterocycles. The zero-order valence-electron chi connectivity index (χ0n) is 7.07. The number of carboxylic acid groups (broad SMARTS) is 2. The summed E-state index contributed by atoms with van der Waals surface area (Å²) in [5.74, 6) is -2.82. The Balaban J connectivity index is 4.35. The molecule has 2 atom stereocenters.